The van der Waals surface area contributed by atoms with Gasteiger partial charge in [-0.05, 0) is 24.0 Å². The highest BCUT2D eigenvalue weighted by atomic mass is 127. The van der Waals surface area contributed by atoms with Crippen molar-refractivity contribution in [2.24, 2.45) is 10.4 Å². The molecule has 2 aliphatic heterocycles. The summed E-state index contributed by atoms with van der Waals surface area (Å²) in [5.41, 5.74) is 2.89. The Balaban J connectivity index is 0.00000210. The molecular formula is C20H28IN5O. The average Bonchev–Trinajstić information content (AvgIpc) is 3.40. The maximum atomic E-state index is 5.64. The molecule has 6 nitrogen and oxygen atoms in total. The molecule has 1 N–H and O–H groups in total. The minimum atomic E-state index is 0. The highest BCUT2D eigenvalue weighted by molar-refractivity contribution is 14.0. The number of likely N-dealkylation sites (tertiary alicyclic amines) is 1. The smallest absolute Gasteiger partial charge is 0.193 e. The van der Waals surface area contributed by atoms with Crippen LogP contribution in [0.2, 0.25) is 0 Å². The van der Waals surface area contributed by atoms with Crippen molar-refractivity contribution in [1.29, 1.82) is 0 Å². The number of rotatable bonds is 4. The lowest BCUT2D eigenvalue weighted by Gasteiger charge is -2.25. The molecule has 4 rings (SSSR count). The molecule has 0 bridgehead atoms. The summed E-state index contributed by atoms with van der Waals surface area (Å²) in [6.45, 7) is 5.54. The molecule has 1 spiro atoms. The fraction of sp³-hybridized carbons (Fsp3) is 0.500. The van der Waals surface area contributed by atoms with E-state index in [-0.39, 0.29) is 24.0 Å². The van der Waals surface area contributed by atoms with E-state index in [0.717, 1.165) is 45.4 Å². The van der Waals surface area contributed by atoms with Crippen molar-refractivity contribution in [2.75, 3.05) is 33.4 Å². The van der Waals surface area contributed by atoms with Crippen molar-refractivity contribution in [3.63, 3.8) is 0 Å². The lowest BCUT2D eigenvalue weighted by atomic mass is 9.87. The Hall–Kier alpha value is -1.61. The monoisotopic (exact) mass is 481 g/mol. The van der Waals surface area contributed by atoms with Gasteiger partial charge in [-0.2, -0.15) is 0 Å². The number of benzene rings is 1. The Morgan fingerprint density at radius 3 is 2.96 bits per heavy atom. The number of imidazole rings is 1. The molecular weight excluding hydrogens is 453 g/mol. The number of halogens is 1. The van der Waals surface area contributed by atoms with Gasteiger partial charge >= 0.3 is 0 Å². The molecule has 2 aliphatic rings. The van der Waals surface area contributed by atoms with Gasteiger partial charge in [0.1, 0.15) is 0 Å². The van der Waals surface area contributed by atoms with E-state index in [1.807, 2.05) is 25.8 Å². The third-order valence-electron chi connectivity index (χ3n) is 5.50. The van der Waals surface area contributed by atoms with Crippen molar-refractivity contribution in [1.82, 2.24) is 19.8 Å². The van der Waals surface area contributed by atoms with Crippen LogP contribution in [0.1, 0.15) is 24.0 Å². The molecule has 7 heteroatoms. The zero-order valence-corrected chi connectivity index (χ0v) is 18.1. The summed E-state index contributed by atoms with van der Waals surface area (Å²) in [4.78, 5) is 11.0. The van der Waals surface area contributed by atoms with E-state index in [9.17, 15) is 0 Å². The minimum absolute atomic E-state index is 0. The zero-order valence-electron chi connectivity index (χ0n) is 15.8. The second kappa shape index (κ2) is 9.05. The van der Waals surface area contributed by atoms with Crippen LogP contribution >= 0.6 is 24.0 Å². The topological polar surface area (TPSA) is 54.7 Å². The number of hydrogen-bond acceptors (Lipinski definition) is 3. The second-order valence-electron chi connectivity index (χ2n) is 7.43. The molecule has 27 heavy (non-hydrogen) atoms. The van der Waals surface area contributed by atoms with E-state index >= 15 is 0 Å². The van der Waals surface area contributed by atoms with Crippen molar-refractivity contribution < 1.29 is 4.74 Å². The first kappa shape index (κ1) is 20.1. The lowest BCUT2D eigenvalue weighted by molar-refractivity contribution is 0.156. The van der Waals surface area contributed by atoms with E-state index in [2.05, 4.69) is 49.0 Å². The molecule has 2 fully saturated rings. The van der Waals surface area contributed by atoms with Gasteiger partial charge in [0.05, 0.1) is 12.9 Å². The molecule has 1 atom stereocenters. The summed E-state index contributed by atoms with van der Waals surface area (Å²) in [5, 5.41) is 3.54. The van der Waals surface area contributed by atoms with Crippen molar-refractivity contribution in [2.45, 2.75) is 25.9 Å². The quantitative estimate of drug-likeness (QED) is 0.415. The Bertz CT molecular complexity index is 755. The van der Waals surface area contributed by atoms with Gasteiger partial charge in [-0.1, -0.05) is 24.3 Å². The summed E-state index contributed by atoms with van der Waals surface area (Å²) >= 11 is 0. The van der Waals surface area contributed by atoms with Gasteiger partial charge in [-0.3, -0.25) is 4.99 Å². The Labute approximate surface area is 178 Å². The first-order valence-corrected chi connectivity index (χ1v) is 9.33. The molecule has 0 aliphatic carbocycles. The van der Waals surface area contributed by atoms with E-state index in [0.29, 0.717) is 5.41 Å². The largest absolute Gasteiger partial charge is 0.381 e. The summed E-state index contributed by atoms with van der Waals surface area (Å²) in [6.07, 6.45) is 8.03. The highest BCUT2D eigenvalue weighted by Crippen LogP contribution is 2.38. The summed E-state index contributed by atoms with van der Waals surface area (Å²) in [6, 6.07) is 8.68. The molecule has 3 heterocycles. The SMILES string of the molecule is CN=C(NCc1cccc(Cn2ccnc2)c1)N1CCC2(CCOC2)C1.I. The lowest BCUT2D eigenvalue weighted by Crippen LogP contribution is -2.41. The van der Waals surface area contributed by atoms with Crippen LogP contribution in [0.3, 0.4) is 0 Å². The van der Waals surface area contributed by atoms with Crippen molar-refractivity contribution >= 4 is 29.9 Å². The molecule has 2 aromatic rings. The maximum Gasteiger partial charge on any atom is 0.193 e. The molecule has 1 aromatic heterocycles. The number of aromatic nitrogens is 2. The first-order chi connectivity index (χ1) is 12.8. The zero-order chi connectivity index (χ0) is 17.8. The number of hydrogen-bond donors (Lipinski definition) is 1. The fourth-order valence-electron chi connectivity index (χ4n) is 4.03. The van der Waals surface area contributed by atoms with Crippen LogP contribution in [-0.4, -0.2) is 53.8 Å². The Morgan fingerprint density at radius 2 is 2.22 bits per heavy atom. The molecule has 2 saturated heterocycles. The summed E-state index contributed by atoms with van der Waals surface area (Å²) in [7, 11) is 1.87. The van der Waals surface area contributed by atoms with Gasteiger partial charge in [0.2, 0.25) is 0 Å². The van der Waals surface area contributed by atoms with Crippen molar-refractivity contribution in [3.8, 4) is 0 Å². The van der Waals surface area contributed by atoms with E-state index in [1.165, 1.54) is 24.0 Å². The normalized spacial score (nSPS) is 22.3. The van der Waals surface area contributed by atoms with E-state index in [1.54, 1.807) is 0 Å². The molecule has 0 radical (unpaired) electrons. The van der Waals surface area contributed by atoms with Gasteiger partial charge in [0.15, 0.2) is 5.96 Å². The molecule has 1 aromatic carbocycles. The number of nitrogens with one attached hydrogen (secondary N) is 1. The molecule has 146 valence electrons. The third-order valence-corrected chi connectivity index (χ3v) is 5.50. The van der Waals surface area contributed by atoms with Crippen LogP contribution in [0.4, 0.5) is 0 Å². The number of aliphatic imine (C=N–C) groups is 1. The molecule has 0 saturated carbocycles. The molecule has 0 amide bonds. The van der Waals surface area contributed by atoms with Gasteiger partial charge in [0.25, 0.3) is 0 Å². The van der Waals surface area contributed by atoms with Crippen LogP contribution in [0.5, 0.6) is 0 Å². The fourth-order valence-corrected chi connectivity index (χ4v) is 4.03. The minimum Gasteiger partial charge on any atom is -0.381 e. The van der Waals surface area contributed by atoms with Gasteiger partial charge in [-0.15, -0.1) is 24.0 Å². The van der Waals surface area contributed by atoms with E-state index < -0.39 is 0 Å². The van der Waals surface area contributed by atoms with Gasteiger partial charge in [0, 0.05) is 57.6 Å². The van der Waals surface area contributed by atoms with Crippen LogP contribution in [0.15, 0.2) is 48.0 Å². The average molecular weight is 481 g/mol. The third kappa shape index (κ3) is 4.82. The maximum absolute atomic E-state index is 5.64. The van der Waals surface area contributed by atoms with Crippen LogP contribution < -0.4 is 5.32 Å². The number of guanidine groups is 1. The standard InChI is InChI=1S/C20H27N5O.HI/c1-21-19(25-8-5-20(14-25)6-10-26-15-20)23-12-17-3-2-4-18(11-17)13-24-9-7-22-16-24;/h2-4,7,9,11,16H,5-6,8,10,12-15H2,1H3,(H,21,23);1H. The van der Waals surface area contributed by atoms with Gasteiger partial charge < -0.3 is 19.5 Å². The predicted molar refractivity (Wildman–Crippen MR) is 117 cm³/mol. The van der Waals surface area contributed by atoms with Crippen LogP contribution in [0, 0.1) is 5.41 Å². The Morgan fingerprint density at radius 1 is 1.33 bits per heavy atom. The second-order valence-corrected chi connectivity index (χ2v) is 7.43. The molecule has 1 unspecified atom stereocenters. The summed E-state index contributed by atoms with van der Waals surface area (Å²) in [5.74, 6) is 0.994. The highest BCUT2D eigenvalue weighted by Gasteiger charge is 2.42. The van der Waals surface area contributed by atoms with E-state index in [4.69, 9.17) is 4.74 Å². The van der Waals surface area contributed by atoms with Crippen LogP contribution in [0.25, 0.3) is 0 Å². The van der Waals surface area contributed by atoms with Gasteiger partial charge in [-0.25, -0.2) is 4.98 Å². The number of ether oxygens (including phenoxy) is 1. The summed E-state index contributed by atoms with van der Waals surface area (Å²) < 4.78 is 7.72. The first-order valence-electron chi connectivity index (χ1n) is 9.33. The Kier molecular flexibility index (Phi) is 6.75. The number of nitrogens with zero attached hydrogens (tertiary/aromatic N) is 4. The predicted octanol–water partition coefficient (Wildman–Crippen LogP) is 2.74. The van der Waals surface area contributed by atoms with Crippen molar-refractivity contribution in [3.05, 3.63) is 54.1 Å². The van der Waals surface area contributed by atoms with Crippen LogP contribution in [-0.2, 0) is 17.8 Å².